The van der Waals surface area contributed by atoms with Crippen LogP contribution < -0.4 is 15.8 Å². The summed E-state index contributed by atoms with van der Waals surface area (Å²) >= 11 is 0. The summed E-state index contributed by atoms with van der Waals surface area (Å²) in [5.41, 5.74) is 5.14. The van der Waals surface area contributed by atoms with Crippen LogP contribution in [0.3, 0.4) is 0 Å². The summed E-state index contributed by atoms with van der Waals surface area (Å²) < 4.78 is 5.33. The molecule has 0 spiro atoms. The Labute approximate surface area is 266 Å². The quantitative estimate of drug-likeness (QED) is 0.291. The van der Waals surface area contributed by atoms with Gasteiger partial charge in [-0.05, 0) is 43.2 Å². The van der Waals surface area contributed by atoms with Crippen molar-refractivity contribution >= 4 is 29.0 Å². The molecule has 2 aliphatic rings. The molecule has 0 atom stereocenters. The Morgan fingerprint density at radius 2 is 1.83 bits per heavy atom. The minimum Gasteiger partial charge on any atom is -0.392 e. The number of fused-ring (bicyclic) bond motifs is 1. The Hall–Kier alpha value is -4.94. The van der Waals surface area contributed by atoms with Gasteiger partial charge in [0.25, 0.3) is 17.4 Å². The molecule has 5 heterocycles. The van der Waals surface area contributed by atoms with E-state index in [1.165, 1.54) is 6.20 Å². The van der Waals surface area contributed by atoms with E-state index in [9.17, 15) is 19.5 Å². The Balaban J connectivity index is 1.29. The molecule has 3 aromatic heterocycles. The van der Waals surface area contributed by atoms with Crippen molar-refractivity contribution in [1.29, 1.82) is 0 Å². The highest BCUT2D eigenvalue weighted by Gasteiger charge is 2.30. The summed E-state index contributed by atoms with van der Waals surface area (Å²) in [6.07, 6.45) is 3.78. The molecule has 2 aliphatic heterocycles. The summed E-state index contributed by atoms with van der Waals surface area (Å²) in [4.78, 5) is 51.8. The highest BCUT2D eigenvalue weighted by atomic mass is 16.5. The third-order valence-corrected chi connectivity index (χ3v) is 8.48. The first-order chi connectivity index (χ1) is 22.1. The Kier molecular flexibility index (Phi) is 8.41. The first-order valence-corrected chi connectivity index (χ1v) is 15.3. The molecule has 0 aliphatic carbocycles. The van der Waals surface area contributed by atoms with Crippen LogP contribution in [0.1, 0.15) is 63.9 Å². The van der Waals surface area contributed by atoms with E-state index in [1.807, 2.05) is 6.07 Å². The van der Waals surface area contributed by atoms with Crippen LogP contribution >= 0.6 is 0 Å². The number of pyridine rings is 2. The molecule has 238 valence electrons. The number of morpholine rings is 1. The average Bonchev–Trinajstić information content (AvgIpc) is 3.06. The molecule has 0 radical (unpaired) electrons. The number of hydrogen-bond donors (Lipinski definition) is 3. The molecular weight excluding hydrogens is 586 g/mol. The number of nitrogens with one attached hydrogen (secondary N) is 2. The number of aliphatic hydroxyl groups excluding tert-OH is 1. The van der Waals surface area contributed by atoms with Gasteiger partial charge < -0.3 is 25.0 Å². The number of rotatable bonds is 6. The minimum absolute atomic E-state index is 0.124. The second-order valence-electron chi connectivity index (χ2n) is 12.5. The molecular formula is C34H37N7O5. The van der Waals surface area contributed by atoms with Gasteiger partial charge in [0, 0.05) is 59.8 Å². The number of hydrogen-bond acceptors (Lipinski definition) is 9. The Morgan fingerprint density at radius 3 is 2.52 bits per heavy atom. The first kappa shape index (κ1) is 31.1. The minimum atomic E-state index is -0.455. The van der Waals surface area contributed by atoms with E-state index in [4.69, 9.17) is 4.74 Å². The molecule has 4 aromatic rings. The van der Waals surface area contributed by atoms with Gasteiger partial charge >= 0.3 is 0 Å². The Morgan fingerprint density at radius 1 is 1.04 bits per heavy atom. The SMILES string of the molecule is Cc1c(-c2cccc(N3CCc4cc(C(C)(C)C)ncc4C3=O)c2CO)n[nH]c(=O)c1Nc1ccc(C(=O)N2CCOCC2)cn1. The fourth-order valence-electron chi connectivity index (χ4n) is 5.85. The molecule has 0 bridgehead atoms. The van der Waals surface area contributed by atoms with Gasteiger partial charge in [-0.1, -0.05) is 32.9 Å². The fourth-order valence-corrected chi connectivity index (χ4v) is 5.85. The highest BCUT2D eigenvalue weighted by Crippen LogP contribution is 2.36. The molecule has 6 rings (SSSR count). The van der Waals surface area contributed by atoms with Gasteiger partial charge in [-0.15, -0.1) is 0 Å². The molecule has 0 unspecified atom stereocenters. The lowest BCUT2D eigenvalue weighted by Crippen LogP contribution is -2.40. The van der Waals surface area contributed by atoms with Gasteiger partial charge in [0.2, 0.25) is 0 Å². The molecule has 46 heavy (non-hydrogen) atoms. The molecule has 12 heteroatoms. The van der Waals surface area contributed by atoms with Crippen molar-refractivity contribution in [3.05, 3.63) is 92.7 Å². The van der Waals surface area contributed by atoms with Crippen LogP contribution in [0.15, 0.2) is 53.6 Å². The number of benzene rings is 1. The zero-order valence-corrected chi connectivity index (χ0v) is 26.4. The monoisotopic (exact) mass is 623 g/mol. The number of aliphatic hydroxyl groups is 1. The van der Waals surface area contributed by atoms with Crippen molar-refractivity contribution in [2.45, 2.75) is 46.1 Å². The van der Waals surface area contributed by atoms with Gasteiger partial charge in [-0.25, -0.2) is 10.1 Å². The lowest BCUT2D eigenvalue weighted by Gasteiger charge is -2.31. The standard InChI is InChI=1S/C34H37N7O5/c1-20-29(38-39-31(43)30(20)37-28-9-8-22(17-36-28)32(44)40-12-14-46-15-13-40)23-6-5-7-26(25(23)19-42)41-11-10-21-16-27(34(2,3)4)35-18-24(21)33(41)45/h5-9,16-18,42H,10-15,19H2,1-4H3,(H,39,43)(H,36,37,38). The summed E-state index contributed by atoms with van der Waals surface area (Å²) in [6.45, 7) is 10.2. The van der Waals surface area contributed by atoms with E-state index in [2.05, 4.69) is 46.3 Å². The van der Waals surface area contributed by atoms with Gasteiger partial charge in [0.05, 0.1) is 42.3 Å². The van der Waals surface area contributed by atoms with E-state index in [0.717, 1.165) is 11.3 Å². The zero-order valence-electron chi connectivity index (χ0n) is 26.4. The van der Waals surface area contributed by atoms with Crippen LogP contribution in [0.25, 0.3) is 11.3 Å². The number of nitrogens with zero attached hydrogens (tertiary/aromatic N) is 5. The van der Waals surface area contributed by atoms with Crippen molar-refractivity contribution < 1.29 is 19.4 Å². The zero-order chi connectivity index (χ0) is 32.6. The maximum absolute atomic E-state index is 13.7. The predicted molar refractivity (Wildman–Crippen MR) is 174 cm³/mol. The number of aromatic nitrogens is 4. The van der Waals surface area contributed by atoms with E-state index >= 15 is 0 Å². The number of H-pyrrole nitrogens is 1. The molecule has 1 aromatic carbocycles. The van der Waals surface area contributed by atoms with Crippen LogP contribution in [0.4, 0.5) is 17.2 Å². The third kappa shape index (κ3) is 5.88. The summed E-state index contributed by atoms with van der Waals surface area (Å²) in [5, 5.41) is 20.6. The molecule has 2 amide bonds. The summed E-state index contributed by atoms with van der Waals surface area (Å²) in [5.74, 6) is 0.0676. The van der Waals surface area contributed by atoms with E-state index in [-0.39, 0.29) is 29.5 Å². The van der Waals surface area contributed by atoms with Gasteiger partial charge in [-0.3, -0.25) is 19.4 Å². The van der Waals surface area contributed by atoms with Crippen LogP contribution in [0.5, 0.6) is 0 Å². The normalized spacial score (nSPS) is 15.1. The number of ether oxygens (including phenoxy) is 1. The summed E-state index contributed by atoms with van der Waals surface area (Å²) in [7, 11) is 0. The van der Waals surface area contributed by atoms with Crippen LogP contribution in [0, 0.1) is 6.92 Å². The maximum atomic E-state index is 13.7. The molecule has 3 N–H and O–H groups in total. The number of aromatic amines is 1. The number of amides is 2. The van der Waals surface area contributed by atoms with Crippen molar-refractivity contribution in [2.24, 2.45) is 0 Å². The number of carbonyl (C=O) groups excluding carboxylic acids is 2. The second-order valence-corrected chi connectivity index (χ2v) is 12.5. The van der Waals surface area contributed by atoms with Crippen molar-refractivity contribution in [3.8, 4) is 11.3 Å². The second kappa shape index (κ2) is 12.5. The Bertz CT molecular complexity index is 1860. The number of carbonyl (C=O) groups is 2. The number of anilines is 3. The van der Waals surface area contributed by atoms with Gasteiger partial charge in [-0.2, -0.15) is 5.10 Å². The summed E-state index contributed by atoms with van der Waals surface area (Å²) in [6, 6.07) is 10.7. The first-order valence-electron chi connectivity index (χ1n) is 15.3. The van der Waals surface area contributed by atoms with Crippen LogP contribution in [-0.2, 0) is 23.2 Å². The van der Waals surface area contributed by atoms with Crippen molar-refractivity contribution in [3.63, 3.8) is 0 Å². The van der Waals surface area contributed by atoms with Gasteiger partial charge in [0.1, 0.15) is 11.5 Å². The molecule has 1 fully saturated rings. The average molecular weight is 624 g/mol. The topological polar surface area (TPSA) is 154 Å². The maximum Gasteiger partial charge on any atom is 0.288 e. The van der Waals surface area contributed by atoms with Crippen molar-refractivity contribution in [1.82, 2.24) is 25.1 Å². The highest BCUT2D eigenvalue weighted by molar-refractivity contribution is 6.08. The van der Waals surface area contributed by atoms with E-state index in [0.29, 0.717) is 84.3 Å². The fraction of sp³-hybridized carbons (Fsp3) is 0.353. The molecule has 1 saturated heterocycles. The lowest BCUT2D eigenvalue weighted by atomic mass is 9.88. The van der Waals surface area contributed by atoms with Crippen LogP contribution in [0.2, 0.25) is 0 Å². The third-order valence-electron chi connectivity index (χ3n) is 8.48. The van der Waals surface area contributed by atoms with E-state index in [1.54, 1.807) is 53.3 Å². The molecule has 12 nitrogen and oxygen atoms in total. The molecule has 0 saturated carbocycles. The van der Waals surface area contributed by atoms with E-state index < -0.39 is 5.56 Å². The van der Waals surface area contributed by atoms with Crippen LogP contribution in [-0.4, -0.2) is 74.8 Å². The largest absolute Gasteiger partial charge is 0.392 e. The lowest BCUT2D eigenvalue weighted by molar-refractivity contribution is 0.0302. The van der Waals surface area contributed by atoms with Crippen molar-refractivity contribution in [2.75, 3.05) is 43.1 Å². The predicted octanol–water partition coefficient (Wildman–Crippen LogP) is 3.74. The smallest absolute Gasteiger partial charge is 0.288 e. The van der Waals surface area contributed by atoms with Gasteiger partial charge in [0.15, 0.2) is 0 Å².